The molecule has 0 fully saturated rings. The monoisotopic (exact) mass is 250 g/mol. The highest BCUT2D eigenvalue weighted by Crippen LogP contribution is 2.20. The normalized spacial score (nSPS) is 10.2. The standard InChI is InChI=1S/C11H14N4OS/c1-3-16-11-8(2)10(13-6-14-11)12-4-9-5-17-7-15-9/h5-7H,3-4H2,1-2H3,(H,12,13,14). The van der Waals surface area contributed by atoms with Gasteiger partial charge in [-0.05, 0) is 13.8 Å². The predicted octanol–water partition coefficient (Wildman–Crippen LogP) is 2.25. The molecule has 90 valence electrons. The van der Waals surface area contributed by atoms with Gasteiger partial charge < -0.3 is 10.1 Å². The van der Waals surface area contributed by atoms with Crippen molar-refractivity contribution >= 4 is 17.2 Å². The van der Waals surface area contributed by atoms with E-state index in [2.05, 4.69) is 20.3 Å². The highest BCUT2D eigenvalue weighted by atomic mass is 32.1. The van der Waals surface area contributed by atoms with Crippen LogP contribution in [-0.2, 0) is 6.54 Å². The summed E-state index contributed by atoms with van der Waals surface area (Å²) in [5.74, 6) is 1.42. The second kappa shape index (κ2) is 5.58. The molecule has 0 saturated heterocycles. The van der Waals surface area contributed by atoms with Crippen LogP contribution in [0.5, 0.6) is 5.88 Å². The molecule has 2 aromatic heterocycles. The van der Waals surface area contributed by atoms with Crippen molar-refractivity contribution < 1.29 is 4.74 Å². The number of hydrogen-bond donors (Lipinski definition) is 1. The Kier molecular flexibility index (Phi) is 3.87. The van der Waals surface area contributed by atoms with Gasteiger partial charge in [-0.25, -0.2) is 15.0 Å². The van der Waals surface area contributed by atoms with Crippen LogP contribution in [0, 0.1) is 6.92 Å². The molecular formula is C11H14N4OS. The van der Waals surface area contributed by atoms with Crippen LogP contribution in [0.3, 0.4) is 0 Å². The molecule has 2 aromatic rings. The second-order valence-corrected chi connectivity index (χ2v) is 4.14. The zero-order valence-electron chi connectivity index (χ0n) is 9.80. The first-order chi connectivity index (χ1) is 8.31. The summed E-state index contributed by atoms with van der Waals surface area (Å²) in [7, 11) is 0. The highest BCUT2D eigenvalue weighted by Gasteiger charge is 2.07. The Morgan fingerprint density at radius 1 is 1.35 bits per heavy atom. The van der Waals surface area contributed by atoms with Crippen molar-refractivity contribution in [2.45, 2.75) is 20.4 Å². The van der Waals surface area contributed by atoms with Gasteiger partial charge in [0, 0.05) is 5.38 Å². The SMILES string of the molecule is CCOc1ncnc(NCc2cscn2)c1C. The lowest BCUT2D eigenvalue weighted by Gasteiger charge is -2.10. The summed E-state index contributed by atoms with van der Waals surface area (Å²) in [6, 6.07) is 0. The van der Waals surface area contributed by atoms with Crippen molar-refractivity contribution in [1.82, 2.24) is 15.0 Å². The summed E-state index contributed by atoms with van der Waals surface area (Å²) in [6.45, 7) is 5.13. The molecule has 0 aromatic carbocycles. The van der Waals surface area contributed by atoms with E-state index in [0.717, 1.165) is 17.1 Å². The Hall–Kier alpha value is -1.69. The quantitative estimate of drug-likeness (QED) is 0.882. The van der Waals surface area contributed by atoms with E-state index in [4.69, 9.17) is 4.74 Å². The average molecular weight is 250 g/mol. The molecule has 0 bridgehead atoms. The Morgan fingerprint density at radius 2 is 2.24 bits per heavy atom. The summed E-state index contributed by atoms with van der Waals surface area (Å²) < 4.78 is 5.41. The van der Waals surface area contributed by atoms with E-state index < -0.39 is 0 Å². The zero-order chi connectivity index (χ0) is 12.1. The predicted molar refractivity (Wildman–Crippen MR) is 67.4 cm³/mol. The number of thiazole rings is 1. The fourth-order valence-corrected chi connectivity index (χ4v) is 1.95. The van der Waals surface area contributed by atoms with Crippen molar-refractivity contribution in [3.05, 3.63) is 28.5 Å². The van der Waals surface area contributed by atoms with Gasteiger partial charge in [0.1, 0.15) is 12.1 Å². The molecule has 0 aliphatic carbocycles. The second-order valence-electron chi connectivity index (χ2n) is 3.42. The first kappa shape index (κ1) is 11.8. The lowest BCUT2D eigenvalue weighted by molar-refractivity contribution is 0.324. The van der Waals surface area contributed by atoms with Gasteiger partial charge in [0.05, 0.1) is 29.9 Å². The Morgan fingerprint density at radius 3 is 2.94 bits per heavy atom. The number of rotatable bonds is 5. The maximum absolute atomic E-state index is 5.41. The minimum absolute atomic E-state index is 0.601. The Labute approximate surface area is 104 Å². The first-order valence-corrected chi connectivity index (χ1v) is 6.31. The Balaban J connectivity index is 2.07. The number of hydrogen-bond acceptors (Lipinski definition) is 6. The van der Waals surface area contributed by atoms with Crippen LogP contribution in [-0.4, -0.2) is 21.6 Å². The van der Waals surface area contributed by atoms with Gasteiger partial charge in [-0.1, -0.05) is 0 Å². The van der Waals surface area contributed by atoms with Crippen molar-refractivity contribution in [2.75, 3.05) is 11.9 Å². The minimum atomic E-state index is 0.601. The third kappa shape index (κ3) is 2.91. The van der Waals surface area contributed by atoms with Crippen LogP contribution in [0.4, 0.5) is 5.82 Å². The molecule has 2 rings (SSSR count). The zero-order valence-corrected chi connectivity index (χ0v) is 10.6. The van der Waals surface area contributed by atoms with Crippen LogP contribution in [0.25, 0.3) is 0 Å². The van der Waals surface area contributed by atoms with Gasteiger partial charge in [-0.15, -0.1) is 11.3 Å². The number of nitrogens with one attached hydrogen (secondary N) is 1. The van der Waals surface area contributed by atoms with Crippen molar-refractivity contribution in [1.29, 1.82) is 0 Å². The van der Waals surface area contributed by atoms with Crippen LogP contribution in [0.15, 0.2) is 17.2 Å². The molecule has 2 heterocycles. The van der Waals surface area contributed by atoms with Crippen molar-refractivity contribution in [3.63, 3.8) is 0 Å². The number of aromatic nitrogens is 3. The lowest BCUT2D eigenvalue weighted by Crippen LogP contribution is -2.06. The minimum Gasteiger partial charge on any atom is -0.478 e. The molecule has 0 spiro atoms. The maximum Gasteiger partial charge on any atom is 0.221 e. The van der Waals surface area contributed by atoms with Gasteiger partial charge in [0.25, 0.3) is 0 Å². The number of ether oxygens (including phenoxy) is 1. The molecule has 17 heavy (non-hydrogen) atoms. The van der Waals surface area contributed by atoms with Crippen molar-refractivity contribution in [3.8, 4) is 5.88 Å². The smallest absolute Gasteiger partial charge is 0.221 e. The molecule has 0 saturated carbocycles. The molecule has 0 unspecified atom stereocenters. The van der Waals surface area contributed by atoms with Gasteiger partial charge in [0.2, 0.25) is 5.88 Å². The van der Waals surface area contributed by atoms with Crippen LogP contribution < -0.4 is 10.1 Å². The fourth-order valence-electron chi connectivity index (χ4n) is 1.39. The Bertz CT molecular complexity index is 472. The number of nitrogens with zero attached hydrogens (tertiary/aromatic N) is 3. The average Bonchev–Trinajstić information content (AvgIpc) is 2.83. The molecule has 0 aliphatic heterocycles. The summed E-state index contributed by atoms with van der Waals surface area (Å²) in [5, 5.41) is 5.23. The first-order valence-electron chi connectivity index (χ1n) is 5.36. The fraction of sp³-hybridized carbons (Fsp3) is 0.364. The number of anilines is 1. The summed E-state index contributed by atoms with van der Waals surface area (Å²) in [6.07, 6.45) is 1.50. The highest BCUT2D eigenvalue weighted by molar-refractivity contribution is 7.07. The van der Waals surface area contributed by atoms with Gasteiger partial charge in [-0.2, -0.15) is 0 Å². The molecule has 0 amide bonds. The van der Waals surface area contributed by atoms with Gasteiger partial charge in [-0.3, -0.25) is 0 Å². The third-order valence-electron chi connectivity index (χ3n) is 2.24. The topological polar surface area (TPSA) is 59.9 Å². The van der Waals surface area contributed by atoms with E-state index in [1.165, 1.54) is 6.33 Å². The summed E-state index contributed by atoms with van der Waals surface area (Å²) >= 11 is 1.58. The molecule has 0 aliphatic rings. The summed E-state index contributed by atoms with van der Waals surface area (Å²) in [4.78, 5) is 12.5. The van der Waals surface area contributed by atoms with Crippen molar-refractivity contribution in [2.24, 2.45) is 0 Å². The van der Waals surface area contributed by atoms with E-state index in [-0.39, 0.29) is 0 Å². The van der Waals surface area contributed by atoms with E-state index in [1.807, 2.05) is 24.7 Å². The molecule has 5 nitrogen and oxygen atoms in total. The van der Waals surface area contributed by atoms with Crippen LogP contribution in [0.2, 0.25) is 0 Å². The molecule has 6 heteroatoms. The molecule has 1 N–H and O–H groups in total. The van der Waals surface area contributed by atoms with E-state index >= 15 is 0 Å². The summed E-state index contributed by atoms with van der Waals surface area (Å²) in [5.41, 5.74) is 3.74. The van der Waals surface area contributed by atoms with Gasteiger partial charge in [0.15, 0.2) is 0 Å². The molecular weight excluding hydrogens is 236 g/mol. The van der Waals surface area contributed by atoms with Crippen LogP contribution in [0.1, 0.15) is 18.2 Å². The maximum atomic E-state index is 5.41. The third-order valence-corrected chi connectivity index (χ3v) is 2.87. The molecule has 0 radical (unpaired) electrons. The van der Waals surface area contributed by atoms with Gasteiger partial charge >= 0.3 is 0 Å². The van der Waals surface area contributed by atoms with E-state index in [1.54, 1.807) is 11.3 Å². The van der Waals surface area contributed by atoms with E-state index in [0.29, 0.717) is 19.0 Å². The van der Waals surface area contributed by atoms with E-state index in [9.17, 15) is 0 Å². The lowest BCUT2D eigenvalue weighted by atomic mass is 10.3. The molecule has 0 atom stereocenters. The largest absolute Gasteiger partial charge is 0.478 e. The van der Waals surface area contributed by atoms with Crippen LogP contribution >= 0.6 is 11.3 Å².